The minimum Gasteiger partial charge on any atom is -0.303 e. The van der Waals surface area contributed by atoms with Gasteiger partial charge in [0.1, 0.15) is 0 Å². The van der Waals surface area contributed by atoms with Gasteiger partial charge in [-0.05, 0) is 24.7 Å². The Bertz CT molecular complexity index is 657. The Balaban J connectivity index is 2.37. The lowest BCUT2D eigenvalue weighted by molar-refractivity contribution is 0.901. The fraction of sp³-hybridized carbons (Fsp3) is 0.308. The number of pyridine rings is 1. The van der Waals surface area contributed by atoms with Crippen molar-refractivity contribution in [1.29, 1.82) is 0 Å². The molecule has 0 aliphatic heterocycles. The molecule has 0 fully saturated rings. The number of nitrogens with zero attached hydrogens (tertiary/aromatic N) is 3. The summed E-state index contributed by atoms with van der Waals surface area (Å²) in [6, 6.07) is 1.97. The molecule has 18 heavy (non-hydrogen) atoms. The van der Waals surface area contributed by atoms with E-state index in [1.54, 1.807) is 12.4 Å². The fourth-order valence-electron chi connectivity index (χ4n) is 1.53. The van der Waals surface area contributed by atoms with Crippen LogP contribution in [0, 0.1) is 16.6 Å². The van der Waals surface area contributed by atoms with Crippen molar-refractivity contribution >= 4 is 12.2 Å². The maximum Gasteiger partial charge on any atom is 0.195 e. The Morgan fingerprint density at radius 2 is 2.28 bits per heavy atom. The highest BCUT2D eigenvalue weighted by Crippen LogP contribution is 2.15. The topological polar surface area (TPSA) is 46.5 Å². The van der Waals surface area contributed by atoms with E-state index < -0.39 is 0 Å². The van der Waals surface area contributed by atoms with Gasteiger partial charge >= 0.3 is 0 Å². The smallest absolute Gasteiger partial charge is 0.195 e. The number of aromatic nitrogens is 4. The Hall–Kier alpha value is -1.93. The molecule has 0 saturated heterocycles. The van der Waals surface area contributed by atoms with Crippen LogP contribution in [-0.4, -0.2) is 19.7 Å². The quantitative estimate of drug-likeness (QED) is 0.665. The summed E-state index contributed by atoms with van der Waals surface area (Å²) in [6.45, 7) is 2.11. The second-order valence-corrected chi connectivity index (χ2v) is 4.31. The number of aromatic amines is 1. The van der Waals surface area contributed by atoms with Gasteiger partial charge < -0.3 is 4.57 Å². The summed E-state index contributed by atoms with van der Waals surface area (Å²) in [4.78, 5) is 4.19. The van der Waals surface area contributed by atoms with Gasteiger partial charge in [-0.25, -0.2) is 0 Å². The molecular formula is C13H14N4S. The summed E-state index contributed by atoms with van der Waals surface area (Å²) in [5, 5.41) is 6.94. The van der Waals surface area contributed by atoms with Crippen molar-refractivity contribution in [3.63, 3.8) is 0 Å². The summed E-state index contributed by atoms with van der Waals surface area (Å²) in [5.41, 5.74) is 1.81. The van der Waals surface area contributed by atoms with Crippen LogP contribution >= 0.6 is 12.2 Å². The standard InChI is InChI=1S/C13H14N4S/c1-3-4-5-6-10-7-11(9-14-8-10)12-15-16-13(18)17(12)2/h7-9H,3-4H2,1-2H3,(H,16,18). The Labute approximate surface area is 111 Å². The molecule has 0 aliphatic rings. The molecule has 0 saturated carbocycles. The van der Waals surface area contributed by atoms with E-state index in [0.717, 1.165) is 29.8 Å². The van der Waals surface area contributed by atoms with Gasteiger partial charge in [0.05, 0.1) is 0 Å². The van der Waals surface area contributed by atoms with Crippen molar-refractivity contribution in [3.05, 3.63) is 28.8 Å². The average molecular weight is 258 g/mol. The first-order chi connectivity index (χ1) is 8.72. The lowest BCUT2D eigenvalue weighted by atomic mass is 10.2. The van der Waals surface area contributed by atoms with Crippen LogP contribution in [0.4, 0.5) is 0 Å². The molecule has 2 aromatic heterocycles. The van der Waals surface area contributed by atoms with E-state index in [1.807, 2.05) is 17.7 Å². The van der Waals surface area contributed by atoms with Crippen LogP contribution in [0.15, 0.2) is 18.5 Å². The summed E-state index contributed by atoms with van der Waals surface area (Å²) in [7, 11) is 1.87. The van der Waals surface area contributed by atoms with Crippen LogP contribution in [0.5, 0.6) is 0 Å². The third-order valence-corrected chi connectivity index (χ3v) is 2.85. The molecular weight excluding hydrogens is 244 g/mol. The molecule has 92 valence electrons. The molecule has 0 unspecified atom stereocenters. The maximum absolute atomic E-state index is 5.09. The molecule has 0 aliphatic carbocycles. The molecule has 0 radical (unpaired) electrons. The Kier molecular flexibility index (Phi) is 3.90. The van der Waals surface area contributed by atoms with Crippen molar-refractivity contribution in [1.82, 2.24) is 19.7 Å². The third kappa shape index (κ3) is 2.66. The van der Waals surface area contributed by atoms with Crippen LogP contribution in [0.2, 0.25) is 0 Å². The third-order valence-electron chi connectivity index (χ3n) is 2.48. The van der Waals surface area contributed by atoms with Crippen molar-refractivity contribution in [3.8, 4) is 23.2 Å². The van der Waals surface area contributed by atoms with E-state index >= 15 is 0 Å². The van der Waals surface area contributed by atoms with Gasteiger partial charge in [0, 0.05) is 37.0 Å². The predicted molar refractivity (Wildman–Crippen MR) is 73.4 cm³/mol. The number of hydrogen-bond acceptors (Lipinski definition) is 3. The summed E-state index contributed by atoms with van der Waals surface area (Å²) >= 11 is 5.09. The van der Waals surface area contributed by atoms with E-state index in [2.05, 4.69) is 33.9 Å². The Morgan fingerprint density at radius 3 is 2.94 bits per heavy atom. The van der Waals surface area contributed by atoms with Crippen LogP contribution in [0.1, 0.15) is 25.3 Å². The second kappa shape index (κ2) is 5.61. The van der Waals surface area contributed by atoms with E-state index in [1.165, 1.54) is 0 Å². The number of nitrogens with one attached hydrogen (secondary N) is 1. The fourth-order valence-corrected chi connectivity index (χ4v) is 1.66. The maximum atomic E-state index is 5.09. The second-order valence-electron chi connectivity index (χ2n) is 3.93. The molecule has 2 aromatic rings. The summed E-state index contributed by atoms with van der Waals surface area (Å²) in [6.07, 6.45) is 5.48. The molecule has 0 aromatic carbocycles. The van der Waals surface area contributed by atoms with Gasteiger partial charge in [0.15, 0.2) is 10.6 Å². The van der Waals surface area contributed by atoms with Crippen molar-refractivity contribution in [2.24, 2.45) is 7.05 Å². The lowest BCUT2D eigenvalue weighted by Gasteiger charge is -2.00. The summed E-state index contributed by atoms with van der Waals surface area (Å²) < 4.78 is 2.41. The van der Waals surface area contributed by atoms with Crippen molar-refractivity contribution < 1.29 is 0 Å². The highest BCUT2D eigenvalue weighted by Gasteiger charge is 2.05. The molecule has 0 spiro atoms. The Morgan fingerprint density at radius 1 is 1.44 bits per heavy atom. The first-order valence-corrected chi connectivity index (χ1v) is 6.19. The van der Waals surface area contributed by atoms with Gasteiger partial charge in [-0.1, -0.05) is 18.8 Å². The van der Waals surface area contributed by atoms with E-state index in [9.17, 15) is 0 Å². The van der Waals surface area contributed by atoms with Gasteiger partial charge in [0.2, 0.25) is 0 Å². The number of unbranched alkanes of at least 4 members (excludes halogenated alkanes) is 1. The number of rotatable bonds is 2. The van der Waals surface area contributed by atoms with Crippen molar-refractivity contribution in [2.75, 3.05) is 0 Å². The molecule has 2 rings (SSSR count). The largest absolute Gasteiger partial charge is 0.303 e. The van der Waals surface area contributed by atoms with E-state index in [4.69, 9.17) is 12.2 Å². The van der Waals surface area contributed by atoms with E-state index in [-0.39, 0.29) is 0 Å². The molecule has 0 atom stereocenters. The van der Waals surface area contributed by atoms with Crippen LogP contribution in [-0.2, 0) is 7.05 Å². The van der Waals surface area contributed by atoms with Crippen LogP contribution < -0.4 is 0 Å². The molecule has 1 N–H and O–H groups in total. The average Bonchev–Trinajstić information content (AvgIpc) is 2.71. The van der Waals surface area contributed by atoms with Crippen molar-refractivity contribution in [2.45, 2.75) is 19.8 Å². The lowest BCUT2D eigenvalue weighted by Crippen LogP contribution is -1.93. The SMILES string of the molecule is CCCC#Cc1cncc(-c2n[nH]c(=S)n2C)c1. The first-order valence-electron chi connectivity index (χ1n) is 5.78. The van der Waals surface area contributed by atoms with Gasteiger partial charge in [-0.2, -0.15) is 5.10 Å². The zero-order chi connectivity index (χ0) is 13.0. The normalized spacial score (nSPS) is 9.89. The van der Waals surface area contributed by atoms with E-state index in [0.29, 0.717) is 4.77 Å². The van der Waals surface area contributed by atoms with Gasteiger partial charge in [0.25, 0.3) is 0 Å². The zero-order valence-corrected chi connectivity index (χ0v) is 11.2. The highest BCUT2D eigenvalue weighted by molar-refractivity contribution is 7.71. The minimum absolute atomic E-state index is 0.590. The number of H-pyrrole nitrogens is 1. The van der Waals surface area contributed by atoms with Crippen LogP contribution in [0.25, 0.3) is 11.4 Å². The van der Waals surface area contributed by atoms with Crippen LogP contribution in [0.3, 0.4) is 0 Å². The zero-order valence-electron chi connectivity index (χ0n) is 10.4. The molecule has 4 nitrogen and oxygen atoms in total. The van der Waals surface area contributed by atoms with Gasteiger partial charge in [-0.15, -0.1) is 0 Å². The molecule has 0 amide bonds. The minimum atomic E-state index is 0.590. The monoisotopic (exact) mass is 258 g/mol. The summed E-state index contributed by atoms with van der Waals surface area (Å²) in [5.74, 6) is 6.97. The molecule has 2 heterocycles. The number of hydrogen-bond donors (Lipinski definition) is 1. The molecule has 0 bridgehead atoms. The van der Waals surface area contributed by atoms with Gasteiger partial charge in [-0.3, -0.25) is 10.1 Å². The first kappa shape index (κ1) is 12.5. The highest BCUT2D eigenvalue weighted by atomic mass is 32.1. The predicted octanol–water partition coefficient (Wildman–Crippen LogP) is 2.69. The molecule has 5 heteroatoms.